The summed E-state index contributed by atoms with van der Waals surface area (Å²) in [7, 11) is 0. The summed E-state index contributed by atoms with van der Waals surface area (Å²) in [5.74, 6) is 1.56. The van der Waals surface area contributed by atoms with E-state index >= 15 is 0 Å². The van der Waals surface area contributed by atoms with Gasteiger partial charge in [0.2, 0.25) is 11.1 Å². The van der Waals surface area contributed by atoms with E-state index in [2.05, 4.69) is 54.7 Å². The Morgan fingerprint density at radius 2 is 1.93 bits per heavy atom. The van der Waals surface area contributed by atoms with Gasteiger partial charge in [-0.15, -0.1) is 5.10 Å². The van der Waals surface area contributed by atoms with E-state index in [0.29, 0.717) is 12.4 Å². The molecule has 2 atom stereocenters. The Morgan fingerprint density at radius 3 is 2.72 bits per heavy atom. The van der Waals surface area contributed by atoms with Crippen LogP contribution in [0.4, 0.5) is 5.95 Å². The summed E-state index contributed by atoms with van der Waals surface area (Å²) >= 11 is 1.61. The van der Waals surface area contributed by atoms with E-state index in [1.165, 1.54) is 11.1 Å². The summed E-state index contributed by atoms with van der Waals surface area (Å²) < 4.78 is 1.91. The Bertz CT molecular complexity index is 1070. The van der Waals surface area contributed by atoms with Crippen LogP contribution in [0.25, 0.3) is 0 Å². The Labute approximate surface area is 174 Å². The van der Waals surface area contributed by atoms with Gasteiger partial charge < -0.3 is 5.32 Å². The van der Waals surface area contributed by atoms with E-state index in [1.54, 1.807) is 11.8 Å². The number of nitrogens with one attached hydrogen (secondary N) is 1. The largest absolute Gasteiger partial charge is 0.328 e. The fourth-order valence-corrected chi connectivity index (χ4v) is 4.82. The van der Waals surface area contributed by atoms with Crippen molar-refractivity contribution in [3.63, 3.8) is 0 Å². The molecule has 2 heterocycles. The highest BCUT2D eigenvalue weighted by molar-refractivity contribution is 7.98. The SMILES string of the molecule is Cc1ccc([C@@H]2[C@H]3C(=O)CCC=C3Nc3nc(SCc4ccccc4)nn32)cc1. The minimum Gasteiger partial charge on any atom is -0.328 e. The average molecular weight is 403 g/mol. The number of thioether (sulfide) groups is 1. The molecule has 3 aromatic rings. The van der Waals surface area contributed by atoms with Gasteiger partial charge in [0.05, 0.1) is 12.0 Å². The molecule has 2 aromatic carbocycles. The Kier molecular flexibility index (Phi) is 4.72. The van der Waals surface area contributed by atoms with Crippen molar-refractivity contribution in [3.8, 4) is 0 Å². The number of rotatable bonds is 4. The lowest BCUT2D eigenvalue weighted by Gasteiger charge is -2.36. The number of aromatic nitrogens is 3. The maximum atomic E-state index is 12.9. The molecule has 29 heavy (non-hydrogen) atoms. The summed E-state index contributed by atoms with van der Waals surface area (Å²) in [6.45, 7) is 2.07. The lowest BCUT2D eigenvalue weighted by Crippen LogP contribution is -2.38. The van der Waals surface area contributed by atoms with Gasteiger partial charge in [-0.2, -0.15) is 4.98 Å². The predicted molar refractivity (Wildman–Crippen MR) is 115 cm³/mol. The van der Waals surface area contributed by atoms with Crippen LogP contribution >= 0.6 is 11.8 Å². The molecule has 5 nitrogen and oxygen atoms in total. The van der Waals surface area contributed by atoms with Crippen molar-refractivity contribution in [1.82, 2.24) is 14.8 Å². The van der Waals surface area contributed by atoms with Crippen molar-refractivity contribution in [2.45, 2.75) is 36.7 Å². The van der Waals surface area contributed by atoms with E-state index in [0.717, 1.165) is 28.6 Å². The van der Waals surface area contributed by atoms with E-state index in [1.807, 2.05) is 22.9 Å². The Hall–Kier alpha value is -2.86. The molecule has 5 rings (SSSR count). The van der Waals surface area contributed by atoms with Gasteiger partial charge in [-0.05, 0) is 24.5 Å². The van der Waals surface area contributed by atoms with Crippen LogP contribution < -0.4 is 5.32 Å². The van der Waals surface area contributed by atoms with E-state index in [-0.39, 0.29) is 17.7 Å². The number of carbonyl (C=O) groups is 1. The summed E-state index contributed by atoms with van der Waals surface area (Å²) in [5.41, 5.74) is 4.49. The van der Waals surface area contributed by atoms with Gasteiger partial charge in [0.1, 0.15) is 5.78 Å². The summed E-state index contributed by atoms with van der Waals surface area (Å²) in [6, 6.07) is 18.5. The molecule has 0 unspecified atom stereocenters. The topological polar surface area (TPSA) is 59.8 Å². The molecule has 0 spiro atoms. The zero-order valence-electron chi connectivity index (χ0n) is 16.2. The summed E-state index contributed by atoms with van der Waals surface area (Å²) in [5, 5.41) is 8.90. The van der Waals surface area contributed by atoms with Crippen LogP contribution in [-0.4, -0.2) is 20.5 Å². The van der Waals surface area contributed by atoms with E-state index in [9.17, 15) is 4.79 Å². The quantitative estimate of drug-likeness (QED) is 0.638. The molecule has 146 valence electrons. The molecule has 2 aliphatic rings. The molecule has 1 aromatic heterocycles. The first-order valence-corrected chi connectivity index (χ1v) is 10.9. The zero-order valence-corrected chi connectivity index (χ0v) is 17.0. The Morgan fingerprint density at radius 1 is 1.14 bits per heavy atom. The third-order valence-corrected chi connectivity index (χ3v) is 6.42. The first-order valence-electron chi connectivity index (χ1n) is 9.88. The van der Waals surface area contributed by atoms with Crippen LogP contribution in [0.5, 0.6) is 0 Å². The second-order valence-corrected chi connectivity index (χ2v) is 8.50. The van der Waals surface area contributed by atoms with Gasteiger partial charge in [0.25, 0.3) is 0 Å². The van der Waals surface area contributed by atoms with Crippen molar-refractivity contribution in [3.05, 3.63) is 83.1 Å². The number of hydrogen-bond acceptors (Lipinski definition) is 5. The molecule has 0 radical (unpaired) electrons. The number of fused-ring (bicyclic) bond motifs is 2. The van der Waals surface area contributed by atoms with Crippen molar-refractivity contribution < 1.29 is 4.79 Å². The molecule has 0 saturated carbocycles. The molecule has 1 aliphatic carbocycles. The van der Waals surface area contributed by atoms with Crippen molar-refractivity contribution >= 4 is 23.5 Å². The fourth-order valence-electron chi connectivity index (χ4n) is 4.03. The minimum atomic E-state index is -0.229. The number of ketones is 1. The molecular weight excluding hydrogens is 380 g/mol. The van der Waals surface area contributed by atoms with Crippen LogP contribution in [0.15, 0.2) is 71.5 Å². The van der Waals surface area contributed by atoms with Crippen LogP contribution in [0.2, 0.25) is 0 Å². The number of allylic oxidation sites excluding steroid dienone is 2. The number of carbonyl (C=O) groups excluding carboxylic acids is 1. The van der Waals surface area contributed by atoms with Crippen LogP contribution in [0.3, 0.4) is 0 Å². The molecular formula is C23H22N4OS. The van der Waals surface area contributed by atoms with Gasteiger partial charge in [-0.3, -0.25) is 4.79 Å². The van der Waals surface area contributed by atoms with Crippen LogP contribution in [-0.2, 0) is 10.5 Å². The smallest absolute Gasteiger partial charge is 0.227 e. The Balaban J connectivity index is 1.52. The lowest BCUT2D eigenvalue weighted by molar-refractivity contribution is -0.123. The third-order valence-electron chi connectivity index (χ3n) is 5.51. The first-order chi connectivity index (χ1) is 14.2. The van der Waals surface area contributed by atoms with Crippen molar-refractivity contribution in [2.75, 3.05) is 5.32 Å². The molecule has 0 amide bonds. The number of anilines is 1. The van der Waals surface area contributed by atoms with Crippen LogP contribution in [0, 0.1) is 12.8 Å². The van der Waals surface area contributed by atoms with Gasteiger partial charge in [-0.1, -0.05) is 78.0 Å². The highest BCUT2D eigenvalue weighted by Gasteiger charge is 2.41. The normalized spacial score (nSPS) is 20.4. The second-order valence-electron chi connectivity index (χ2n) is 7.56. The highest BCUT2D eigenvalue weighted by Crippen LogP contribution is 2.42. The number of aryl methyl sites for hydroxylation is 1. The third kappa shape index (κ3) is 3.49. The maximum absolute atomic E-state index is 12.9. The average Bonchev–Trinajstić information content (AvgIpc) is 3.15. The van der Waals surface area contributed by atoms with Crippen LogP contribution in [0.1, 0.15) is 35.6 Å². The van der Waals surface area contributed by atoms with Crippen molar-refractivity contribution in [1.29, 1.82) is 0 Å². The number of nitrogens with zero attached hydrogens (tertiary/aromatic N) is 3. The molecule has 0 saturated heterocycles. The fraction of sp³-hybridized carbons (Fsp3) is 0.261. The summed E-state index contributed by atoms with van der Waals surface area (Å²) in [4.78, 5) is 17.6. The summed E-state index contributed by atoms with van der Waals surface area (Å²) in [6.07, 6.45) is 3.50. The molecule has 0 fully saturated rings. The first kappa shape index (κ1) is 18.2. The van der Waals surface area contributed by atoms with Gasteiger partial charge in [-0.25, -0.2) is 4.68 Å². The van der Waals surface area contributed by atoms with E-state index in [4.69, 9.17) is 10.1 Å². The number of benzene rings is 2. The lowest BCUT2D eigenvalue weighted by atomic mass is 9.81. The maximum Gasteiger partial charge on any atom is 0.227 e. The molecule has 1 aliphatic heterocycles. The molecule has 6 heteroatoms. The predicted octanol–water partition coefficient (Wildman–Crippen LogP) is 4.76. The standard InChI is InChI=1S/C23H22N4OS/c1-15-10-12-17(13-11-15)21-20-18(8-5-9-19(20)28)24-22-25-23(26-27(21)22)29-14-16-6-3-2-4-7-16/h2-4,6-8,10-13,20-21H,5,9,14H2,1H3,(H,24,25,26)/t20-,21-/m1/s1. The number of Topliss-reactive ketones (excluding diaryl/α,β-unsaturated/α-hetero) is 1. The van der Waals surface area contributed by atoms with Gasteiger partial charge in [0, 0.05) is 17.9 Å². The number of hydrogen-bond donors (Lipinski definition) is 1. The minimum absolute atomic E-state index is 0.163. The van der Waals surface area contributed by atoms with E-state index < -0.39 is 0 Å². The van der Waals surface area contributed by atoms with Gasteiger partial charge >= 0.3 is 0 Å². The second kappa shape index (κ2) is 7.52. The van der Waals surface area contributed by atoms with Gasteiger partial charge in [0.15, 0.2) is 0 Å². The highest BCUT2D eigenvalue weighted by atomic mass is 32.2. The monoisotopic (exact) mass is 402 g/mol. The van der Waals surface area contributed by atoms with Crippen molar-refractivity contribution in [2.24, 2.45) is 5.92 Å². The molecule has 0 bridgehead atoms. The molecule has 1 N–H and O–H groups in total. The zero-order chi connectivity index (χ0) is 19.8.